The van der Waals surface area contributed by atoms with Crippen molar-refractivity contribution in [3.63, 3.8) is 0 Å². The summed E-state index contributed by atoms with van der Waals surface area (Å²) in [6.45, 7) is 0.681. The van der Waals surface area contributed by atoms with Gasteiger partial charge in [0.15, 0.2) is 0 Å². The lowest BCUT2D eigenvalue weighted by Crippen LogP contribution is -2.33. The monoisotopic (exact) mass is 219 g/mol. The first-order valence-corrected chi connectivity index (χ1v) is 6.29. The summed E-state index contributed by atoms with van der Waals surface area (Å²) in [6, 6.07) is 7.70. The Labute approximate surface area is 96.1 Å². The number of halogens is 1. The van der Waals surface area contributed by atoms with E-state index < -0.39 is 0 Å². The van der Waals surface area contributed by atoms with Crippen molar-refractivity contribution in [1.29, 1.82) is 0 Å². The van der Waals surface area contributed by atoms with E-state index >= 15 is 0 Å². The van der Waals surface area contributed by atoms with Crippen LogP contribution in [-0.2, 0) is 6.54 Å². The van der Waals surface area contributed by atoms with Crippen LogP contribution in [0.5, 0.6) is 0 Å². The molecule has 0 aromatic heterocycles. The number of rotatable bonds is 3. The minimum atomic E-state index is -0.0850. The zero-order valence-corrected chi connectivity index (χ0v) is 9.45. The van der Waals surface area contributed by atoms with Gasteiger partial charge in [0, 0.05) is 18.2 Å². The van der Waals surface area contributed by atoms with E-state index in [0.717, 1.165) is 17.4 Å². The summed E-state index contributed by atoms with van der Waals surface area (Å²) in [6.07, 6.45) is 5.50. The number of benzene rings is 1. The summed E-state index contributed by atoms with van der Waals surface area (Å²) < 4.78 is 13.4. The fourth-order valence-corrected chi connectivity index (χ4v) is 3.38. The molecule has 0 spiro atoms. The van der Waals surface area contributed by atoms with E-state index in [9.17, 15) is 4.39 Å². The van der Waals surface area contributed by atoms with Crippen molar-refractivity contribution in [3.8, 4) is 0 Å². The van der Waals surface area contributed by atoms with Crippen molar-refractivity contribution in [1.82, 2.24) is 5.32 Å². The van der Waals surface area contributed by atoms with Gasteiger partial charge in [-0.1, -0.05) is 24.6 Å². The van der Waals surface area contributed by atoms with E-state index in [-0.39, 0.29) is 5.82 Å². The normalized spacial score (nSPS) is 32.2. The predicted molar refractivity (Wildman–Crippen MR) is 62.5 cm³/mol. The minimum absolute atomic E-state index is 0.0850. The third kappa shape index (κ3) is 1.86. The van der Waals surface area contributed by atoms with Crippen LogP contribution >= 0.6 is 0 Å². The Kier molecular flexibility index (Phi) is 2.68. The van der Waals surface area contributed by atoms with E-state index in [4.69, 9.17) is 0 Å². The van der Waals surface area contributed by atoms with Gasteiger partial charge in [-0.3, -0.25) is 0 Å². The Hall–Kier alpha value is -0.890. The van der Waals surface area contributed by atoms with Gasteiger partial charge in [-0.15, -0.1) is 0 Å². The summed E-state index contributed by atoms with van der Waals surface area (Å²) in [4.78, 5) is 0. The maximum atomic E-state index is 13.4. The molecule has 0 heterocycles. The molecule has 0 amide bonds. The molecule has 2 saturated carbocycles. The maximum absolute atomic E-state index is 13.4. The summed E-state index contributed by atoms with van der Waals surface area (Å²) in [5.41, 5.74) is 0.797. The van der Waals surface area contributed by atoms with Crippen molar-refractivity contribution in [2.24, 2.45) is 11.8 Å². The SMILES string of the molecule is Fc1ccccc1CN[C@H]1C[C@@H]2CC[C@@H]1C2. The molecule has 16 heavy (non-hydrogen) atoms. The van der Waals surface area contributed by atoms with Crippen molar-refractivity contribution >= 4 is 0 Å². The smallest absolute Gasteiger partial charge is 0.127 e. The number of hydrogen-bond acceptors (Lipinski definition) is 1. The molecule has 2 fully saturated rings. The zero-order chi connectivity index (χ0) is 11.0. The second-order valence-corrected chi connectivity index (χ2v) is 5.25. The molecule has 1 nitrogen and oxygen atoms in total. The van der Waals surface area contributed by atoms with Gasteiger partial charge in [0.05, 0.1) is 0 Å². The molecule has 2 heteroatoms. The van der Waals surface area contributed by atoms with Gasteiger partial charge in [-0.05, 0) is 37.2 Å². The predicted octanol–water partition coefficient (Wildman–Crippen LogP) is 3.10. The highest BCUT2D eigenvalue weighted by Gasteiger charge is 2.38. The molecule has 0 saturated heterocycles. The summed E-state index contributed by atoms with van der Waals surface area (Å²) in [5.74, 6) is 1.72. The number of fused-ring (bicyclic) bond motifs is 2. The molecule has 2 bridgehead atoms. The molecule has 1 aromatic carbocycles. The highest BCUT2D eigenvalue weighted by Crippen LogP contribution is 2.44. The lowest BCUT2D eigenvalue weighted by atomic mass is 9.95. The van der Waals surface area contributed by atoms with E-state index in [1.165, 1.54) is 31.7 Å². The first-order valence-electron chi connectivity index (χ1n) is 6.29. The second kappa shape index (κ2) is 4.17. The van der Waals surface area contributed by atoms with Crippen molar-refractivity contribution in [2.75, 3.05) is 0 Å². The van der Waals surface area contributed by atoms with Gasteiger partial charge in [0.25, 0.3) is 0 Å². The van der Waals surface area contributed by atoms with Gasteiger partial charge in [0.1, 0.15) is 5.82 Å². The lowest BCUT2D eigenvalue weighted by molar-refractivity contribution is 0.349. The highest BCUT2D eigenvalue weighted by molar-refractivity contribution is 5.17. The van der Waals surface area contributed by atoms with Gasteiger partial charge >= 0.3 is 0 Å². The molecule has 1 N–H and O–H groups in total. The first-order chi connectivity index (χ1) is 7.83. The number of hydrogen-bond donors (Lipinski definition) is 1. The molecule has 2 aliphatic rings. The zero-order valence-electron chi connectivity index (χ0n) is 9.45. The molecule has 0 unspecified atom stereocenters. The quantitative estimate of drug-likeness (QED) is 0.823. The maximum Gasteiger partial charge on any atom is 0.127 e. The fraction of sp³-hybridized carbons (Fsp3) is 0.571. The van der Waals surface area contributed by atoms with Crippen LogP contribution in [-0.4, -0.2) is 6.04 Å². The van der Waals surface area contributed by atoms with Crippen LogP contribution in [0.1, 0.15) is 31.2 Å². The largest absolute Gasteiger partial charge is 0.310 e. The third-order valence-electron chi connectivity index (χ3n) is 4.25. The Morgan fingerprint density at radius 1 is 1.19 bits per heavy atom. The molecular formula is C14H18FN. The van der Waals surface area contributed by atoms with Crippen LogP contribution < -0.4 is 5.32 Å². The summed E-state index contributed by atoms with van der Waals surface area (Å²) in [7, 11) is 0. The Morgan fingerprint density at radius 3 is 2.75 bits per heavy atom. The molecule has 2 aliphatic carbocycles. The highest BCUT2D eigenvalue weighted by atomic mass is 19.1. The van der Waals surface area contributed by atoms with Gasteiger partial charge in [0.2, 0.25) is 0 Å². The first kappa shape index (κ1) is 10.3. The average Bonchev–Trinajstić information content (AvgIpc) is 2.90. The van der Waals surface area contributed by atoms with Crippen LogP contribution in [0.3, 0.4) is 0 Å². The molecule has 0 radical (unpaired) electrons. The lowest BCUT2D eigenvalue weighted by Gasteiger charge is -2.23. The van der Waals surface area contributed by atoms with Crippen molar-refractivity contribution in [3.05, 3.63) is 35.6 Å². The molecular weight excluding hydrogens is 201 g/mol. The Morgan fingerprint density at radius 2 is 2.06 bits per heavy atom. The Balaban J connectivity index is 1.59. The molecule has 86 valence electrons. The van der Waals surface area contributed by atoms with Crippen molar-refractivity contribution < 1.29 is 4.39 Å². The summed E-state index contributed by atoms with van der Waals surface area (Å²) in [5, 5.41) is 3.53. The third-order valence-corrected chi connectivity index (χ3v) is 4.25. The van der Waals surface area contributed by atoms with Gasteiger partial charge in [-0.2, -0.15) is 0 Å². The van der Waals surface area contributed by atoms with Gasteiger partial charge in [-0.25, -0.2) is 4.39 Å². The standard InChI is InChI=1S/C14H18FN/c15-13-4-2-1-3-12(13)9-16-14-8-10-5-6-11(14)7-10/h1-4,10-11,14,16H,5-9H2/t10-,11-,14+/m1/s1. The summed E-state index contributed by atoms with van der Waals surface area (Å²) >= 11 is 0. The molecule has 3 rings (SSSR count). The second-order valence-electron chi connectivity index (χ2n) is 5.25. The molecule has 1 aromatic rings. The van der Waals surface area contributed by atoms with Crippen LogP contribution in [0.15, 0.2) is 24.3 Å². The minimum Gasteiger partial charge on any atom is -0.310 e. The van der Waals surface area contributed by atoms with E-state index in [1.54, 1.807) is 6.07 Å². The van der Waals surface area contributed by atoms with Crippen LogP contribution in [0, 0.1) is 17.7 Å². The van der Waals surface area contributed by atoms with E-state index in [0.29, 0.717) is 12.6 Å². The van der Waals surface area contributed by atoms with Gasteiger partial charge < -0.3 is 5.32 Å². The Bertz CT molecular complexity index is 377. The van der Waals surface area contributed by atoms with E-state index in [2.05, 4.69) is 5.32 Å². The average molecular weight is 219 g/mol. The van der Waals surface area contributed by atoms with E-state index in [1.807, 2.05) is 12.1 Å². The van der Waals surface area contributed by atoms with Crippen LogP contribution in [0.2, 0.25) is 0 Å². The van der Waals surface area contributed by atoms with Crippen molar-refractivity contribution in [2.45, 2.75) is 38.3 Å². The number of nitrogens with one attached hydrogen (secondary N) is 1. The molecule has 0 aliphatic heterocycles. The van der Waals surface area contributed by atoms with Crippen LogP contribution in [0.25, 0.3) is 0 Å². The fourth-order valence-electron chi connectivity index (χ4n) is 3.38. The molecule has 3 atom stereocenters. The topological polar surface area (TPSA) is 12.0 Å². The van der Waals surface area contributed by atoms with Crippen LogP contribution in [0.4, 0.5) is 4.39 Å².